The molecule has 0 radical (unpaired) electrons. The van der Waals surface area contributed by atoms with Gasteiger partial charge in [0.15, 0.2) is 0 Å². The summed E-state index contributed by atoms with van der Waals surface area (Å²) in [5.41, 5.74) is -1.01. The molecular formula is C16H24N4O5. The predicted octanol–water partition coefficient (Wildman–Crippen LogP) is -0.844. The lowest BCUT2D eigenvalue weighted by Gasteiger charge is -2.33. The first-order chi connectivity index (χ1) is 12.1. The number of aromatic amines is 1. The first-order valence-corrected chi connectivity index (χ1v) is 8.52. The molecule has 0 aliphatic carbocycles. The molecule has 25 heavy (non-hydrogen) atoms. The number of nitrogens with one attached hydrogen (secondary N) is 2. The lowest BCUT2D eigenvalue weighted by Crippen LogP contribution is -2.54. The van der Waals surface area contributed by atoms with Crippen molar-refractivity contribution in [3.8, 4) is 0 Å². The Morgan fingerprint density at radius 3 is 2.88 bits per heavy atom. The fourth-order valence-corrected chi connectivity index (χ4v) is 3.14. The van der Waals surface area contributed by atoms with Gasteiger partial charge in [0.05, 0.1) is 26.3 Å². The summed E-state index contributed by atoms with van der Waals surface area (Å²) >= 11 is 0. The van der Waals surface area contributed by atoms with Crippen molar-refractivity contribution in [3.05, 3.63) is 18.0 Å². The van der Waals surface area contributed by atoms with Crippen molar-refractivity contribution in [3.63, 3.8) is 0 Å². The fraction of sp³-hybridized carbons (Fsp3) is 0.688. The van der Waals surface area contributed by atoms with Crippen LogP contribution >= 0.6 is 0 Å². The Bertz CT molecular complexity index is 587. The van der Waals surface area contributed by atoms with E-state index in [2.05, 4.69) is 15.5 Å². The van der Waals surface area contributed by atoms with Crippen molar-refractivity contribution in [1.82, 2.24) is 20.4 Å². The molecule has 138 valence electrons. The summed E-state index contributed by atoms with van der Waals surface area (Å²) < 4.78 is 10.8. The van der Waals surface area contributed by atoms with Gasteiger partial charge in [-0.3, -0.25) is 14.7 Å². The third kappa shape index (κ3) is 4.56. The molecule has 1 aromatic heterocycles. The molecule has 3 heterocycles. The van der Waals surface area contributed by atoms with Gasteiger partial charge in [0.2, 0.25) is 5.91 Å². The Balaban J connectivity index is 1.59. The Morgan fingerprint density at radius 2 is 2.16 bits per heavy atom. The second-order valence-electron chi connectivity index (χ2n) is 6.58. The Labute approximate surface area is 145 Å². The Hall–Kier alpha value is -1.97. The maximum atomic E-state index is 12.7. The summed E-state index contributed by atoms with van der Waals surface area (Å²) in [6.45, 7) is 2.16. The molecule has 0 aromatic carbocycles. The number of β-amino-alcohol motifs (C(OH)–C–C–N with tert-alkyl or cyclic N) is 1. The summed E-state index contributed by atoms with van der Waals surface area (Å²) in [5, 5.41) is 19.8. The summed E-state index contributed by atoms with van der Waals surface area (Å²) in [5.74, 6) is -0.416. The SMILES string of the molecule is O=C(NCC1(O)COCCN(C(=O)C2CCOCC2)C1)c1ccn[nH]1. The topological polar surface area (TPSA) is 117 Å². The Kier molecular flexibility index (Phi) is 5.67. The van der Waals surface area contributed by atoms with Crippen molar-refractivity contribution >= 4 is 11.8 Å². The molecule has 0 saturated carbocycles. The number of hydrogen-bond acceptors (Lipinski definition) is 6. The molecule has 3 N–H and O–H groups in total. The molecule has 3 rings (SSSR count). The van der Waals surface area contributed by atoms with Gasteiger partial charge in [-0.1, -0.05) is 0 Å². The predicted molar refractivity (Wildman–Crippen MR) is 86.8 cm³/mol. The fourth-order valence-electron chi connectivity index (χ4n) is 3.14. The van der Waals surface area contributed by atoms with Gasteiger partial charge in [0.25, 0.3) is 5.91 Å². The molecule has 0 spiro atoms. The molecule has 2 saturated heterocycles. The van der Waals surface area contributed by atoms with Crippen LogP contribution < -0.4 is 5.32 Å². The highest BCUT2D eigenvalue weighted by Gasteiger charge is 2.37. The molecule has 2 aliphatic rings. The van der Waals surface area contributed by atoms with Crippen LogP contribution in [-0.2, 0) is 14.3 Å². The van der Waals surface area contributed by atoms with Crippen molar-refractivity contribution in [2.45, 2.75) is 18.4 Å². The van der Waals surface area contributed by atoms with E-state index < -0.39 is 5.60 Å². The molecule has 2 fully saturated rings. The molecular weight excluding hydrogens is 328 g/mol. The average Bonchev–Trinajstić information content (AvgIpc) is 3.10. The van der Waals surface area contributed by atoms with Gasteiger partial charge in [-0.15, -0.1) is 0 Å². The highest BCUT2D eigenvalue weighted by molar-refractivity contribution is 5.92. The van der Waals surface area contributed by atoms with E-state index in [1.165, 1.54) is 6.20 Å². The molecule has 1 aromatic rings. The normalized spacial score (nSPS) is 25.4. The minimum absolute atomic E-state index is 0.0115. The van der Waals surface area contributed by atoms with E-state index in [1.807, 2.05) is 0 Å². The van der Waals surface area contributed by atoms with Crippen molar-refractivity contribution in [2.24, 2.45) is 5.92 Å². The zero-order valence-corrected chi connectivity index (χ0v) is 14.1. The number of ether oxygens (including phenoxy) is 2. The summed E-state index contributed by atoms with van der Waals surface area (Å²) in [4.78, 5) is 26.4. The van der Waals surface area contributed by atoms with Crippen molar-refractivity contribution < 1.29 is 24.2 Å². The van der Waals surface area contributed by atoms with Gasteiger partial charge in [-0.25, -0.2) is 0 Å². The quantitative estimate of drug-likeness (QED) is 0.650. The van der Waals surface area contributed by atoms with Crippen LogP contribution in [0.1, 0.15) is 23.3 Å². The monoisotopic (exact) mass is 352 g/mol. The zero-order chi connectivity index (χ0) is 17.7. The smallest absolute Gasteiger partial charge is 0.269 e. The largest absolute Gasteiger partial charge is 0.384 e. The van der Waals surface area contributed by atoms with Crippen LogP contribution in [0.15, 0.2) is 12.3 Å². The van der Waals surface area contributed by atoms with Crippen LogP contribution in [0, 0.1) is 5.92 Å². The van der Waals surface area contributed by atoms with E-state index in [1.54, 1.807) is 11.0 Å². The minimum atomic E-state index is -1.33. The Morgan fingerprint density at radius 1 is 1.36 bits per heavy atom. The van der Waals surface area contributed by atoms with E-state index in [-0.39, 0.29) is 37.4 Å². The van der Waals surface area contributed by atoms with Crippen molar-refractivity contribution in [2.75, 3.05) is 46.1 Å². The first kappa shape index (κ1) is 17.8. The van der Waals surface area contributed by atoms with Gasteiger partial charge in [0.1, 0.15) is 11.3 Å². The van der Waals surface area contributed by atoms with Gasteiger partial charge in [-0.05, 0) is 18.9 Å². The molecule has 2 aliphatic heterocycles. The van der Waals surface area contributed by atoms with Crippen molar-refractivity contribution in [1.29, 1.82) is 0 Å². The molecule has 0 bridgehead atoms. The molecule has 1 unspecified atom stereocenters. The summed E-state index contributed by atoms with van der Waals surface area (Å²) in [6, 6.07) is 1.55. The van der Waals surface area contributed by atoms with Gasteiger partial charge in [0, 0.05) is 31.9 Å². The van der Waals surface area contributed by atoms with E-state index in [0.717, 1.165) is 0 Å². The first-order valence-electron chi connectivity index (χ1n) is 8.52. The lowest BCUT2D eigenvalue weighted by molar-refractivity contribution is -0.141. The second-order valence-corrected chi connectivity index (χ2v) is 6.58. The zero-order valence-electron chi connectivity index (χ0n) is 14.1. The molecule has 9 heteroatoms. The lowest BCUT2D eigenvalue weighted by atomic mass is 9.97. The highest BCUT2D eigenvalue weighted by atomic mass is 16.5. The standard InChI is InChI=1S/C16H24N4O5/c21-14(13-1-4-18-19-13)17-9-16(23)10-20(5-8-25-11-16)15(22)12-2-6-24-7-3-12/h1,4,12,23H,2-3,5-11H2,(H,17,21)(H,18,19). The van der Waals surface area contributed by atoms with E-state index in [0.29, 0.717) is 44.9 Å². The molecule has 1 atom stereocenters. The maximum Gasteiger partial charge on any atom is 0.269 e. The average molecular weight is 352 g/mol. The number of H-pyrrole nitrogens is 1. The summed E-state index contributed by atoms with van der Waals surface area (Å²) in [7, 11) is 0. The van der Waals surface area contributed by atoms with Gasteiger partial charge in [-0.2, -0.15) is 5.10 Å². The molecule has 2 amide bonds. The number of hydrogen-bond donors (Lipinski definition) is 3. The number of carbonyl (C=O) groups excluding carboxylic acids is 2. The highest BCUT2D eigenvalue weighted by Crippen LogP contribution is 2.20. The number of rotatable bonds is 4. The van der Waals surface area contributed by atoms with E-state index in [4.69, 9.17) is 9.47 Å². The van der Waals surface area contributed by atoms with Crippen LogP contribution in [0.25, 0.3) is 0 Å². The van der Waals surface area contributed by atoms with Crippen LogP contribution in [0.2, 0.25) is 0 Å². The third-order valence-corrected chi connectivity index (χ3v) is 4.57. The molecule has 9 nitrogen and oxygen atoms in total. The van der Waals surface area contributed by atoms with Crippen LogP contribution in [0.3, 0.4) is 0 Å². The second kappa shape index (κ2) is 7.94. The van der Waals surface area contributed by atoms with E-state index in [9.17, 15) is 14.7 Å². The summed E-state index contributed by atoms with van der Waals surface area (Å²) in [6.07, 6.45) is 2.88. The number of aromatic nitrogens is 2. The third-order valence-electron chi connectivity index (χ3n) is 4.57. The maximum absolute atomic E-state index is 12.7. The van der Waals surface area contributed by atoms with Crippen LogP contribution in [0.4, 0.5) is 0 Å². The number of amides is 2. The number of aliphatic hydroxyl groups is 1. The van der Waals surface area contributed by atoms with Gasteiger partial charge < -0.3 is 24.8 Å². The van der Waals surface area contributed by atoms with Crippen LogP contribution in [0.5, 0.6) is 0 Å². The van der Waals surface area contributed by atoms with E-state index >= 15 is 0 Å². The number of carbonyl (C=O) groups is 2. The minimum Gasteiger partial charge on any atom is -0.384 e. The van der Waals surface area contributed by atoms with Gasteiger partial charge >= 0.3 is 0 Å². The van der Waals surface area contributed by atoms with Crippen LogP contribution in [-0.4, -0.2) is 83.7 Å². The number of nitrogens with zero attached hydrogens (tertiary/aromatic N) is 2.